The minimum absolute atomic E-state index is 1.24. The number of thiophene rings is 1. The Morgan fingerprint density at radius 3 is 1.53 bits per heavy atom. The molecule has 0 atom stereocenters. The Morgan fingerprint density at radius 1 is 0.289 bits per heavy atom. The molecule has 10 aromatic rings. The predicted octanol–water partition coefficient (Wildman–Crippen LogP) is 13.1. The number of fused-ring (bicyclic) bond motifs is 4. The molecule has 0 N–H and O–H groups in total. The molecular formula is C44H26S. The summed E-state index contributed by atoms with van der Waals surface area (Å²) in [7, 11) is 0. The van der Waals surface area contributed by atoms with Crippen molar-refractivity contribution >= 4 is 74.6 Å². The smallest absolute Gasteiger partial charge is 0.0361 e. The molecule has 0 nitrogen and oxygen atoms in total. The Hall–Kier alpha value is -5.50. The van der Waals surface area contributed by atoms with Crippen LogP contribution in [0.1, 0.15) is 0 Å². The van der Waals surface area contributed by atoms with Gasteiger partial charge in [0.25, 0.3) is 0 Å². The lowest BCUT2D eigenvalue weighted by molar-refractivity contribution is 1.63. The molecule has 1 heteroatoms. The Balaban J connectivity index is 1.02. The normalized spacial score (nSPS) is 12.0. The molecule has 208 valence electrons. The van der Waals surface area contributed by atoms with Crippen molar-refractivity contribution in [1.82, 2.24) is 0 Å². The predicted molar refractivity (Wildman–Crippen MR) is 197 cm³/mol. The monoisotopic (exact) mass is 586 g/mol. The van der Waals surface area contributed by atoms with E-state index in [0.29, 0.717) is 0 Å². The number of hydrogen-bond donors (Lipinski definition) is 0. The van der Waals surface area contributed by atoms with Crippen LogP contribution in [0.3, 0.4) is 0 Å². The standard InChI is InChI=1S/C44H26S/c1-2-5-33-24-34(15-10-27(33)4-1)36-19-22-39-38-21-18-35(25-41(38)45-42(39)26-36)28-8-11-29(12-9-28)37-20-16-32-14-13-30-6-3-7-31-17-23-40(37)44(32)43(30)31/h1-26H. The van der Waals surface area contributed by atoms with Crippen molar-refractivity contribution in [3.63, 3.8) is 0 Å². The molecule has 10 rings (SSSR count). The summed E-state index contributed by atoms with van der Waals surface area (Å²) in [6.45, 7) is 0. The average Bonchev–Trinajstić information content (AvgIpc) is 3.47. The van der Waals surface area contributed by atoms with Gasteiger partial charge in [-0.3, -0.25) is 0 Å². The van der Waals surface area contributed by atoms with Crippen molar-refractivity contribution in [2.75, 3.05) is 0 Å². The molecule has 0 fully saturated rings. The van der Waals surface area contributed by atoms with E-state index in [1.807, 2.05) is 11.3 Å². The van der Waals surface area contributed by atoms with Crippen LogP contribution >= 0.6 is 11.3 Å². The van der Waals surface area contributed by atoms with Crippen LogP contribution in [0.15, 0.2) is 158 Å². The highest BCUT2D eigenvalue weighted by Gasteiger charge is 2.13. The molecule has 0 aliphatic carbocycles. The van der Waals surface area contributed by atoms with Crippen LogP contribution in [0.2, 0.25) is 0 Å². The van der Waals surface area contributed by atoms with Crippen molar-refractivity contribution < 1.29 is 0 Å². The molecule has 0 saturated carbocycles. The quantitative estimate of drug-likeness (QED) is 0.181. The van der Waals surface area contributed by atoms with Gasteiger partial charge in [-0.2, -0.15) is 0 Å². The molecule has 1 aromatic heterocycles. The van der Waals surface area contributed by atoms with Gasteiger partial charge in [0.15, 0.2) is 0 Å². The summed E-state index contributed by atoms with van der Waals surface area (Å²) >= 11 is 1.89. The molecule has 0 aliphatic heterocycles. The van der Waals surface area contributed by atoms with Crippen LogP contribution in [0.25, 0.3) is 96.6 Å². The van der Waals surface area contributed by atoms with Crippen molar-refractivity contribution in [3.8, 4) is 33.4 Å². The van der Waals surface area contributed by atoms with Crippen LogP contribution in [-0.2, 0) is 0 Å². The molecular weight excluding hydrogens is 561 g/mol. The Morgan fingerprint density at radius 2 is 0.778 bits per heavy atom. The van der Waals surface area contributed by atoms with E-state index in [9.17, 15) is 0 Å². The van der Waals surface area contributed by atoms with E-state index in [1.165, 1.54) is 96.6 Å². The third-order valence-corrected chi connectivity index (χ3v) is 10.7. The molecule has 0 bridgehead atoms. The number of rotatable bonds is 3. The second-order valence-corrected chi connectivity index (χ2v) is 13.2. The molecule has 0 amide bonds. The zero-order valence-corrected chi connectivity index (χ0v) is 25.2. The highest BCUT2D eigenvalue weighted by Crippen LogP contribution is 2.41. The third-order valence-electron chi connectivity index (χ3n) is 9.61. The molecule has 0 saturated heterocycles. The topological polar surface area (TPSA) is 0 Å². The maximum absolute atomic E-state index is 2.36. The van der Waals surface area contributed by atoms with Crippen molar-refractivity contribution in [1.29, 1.82) is 0 Å². The molecule has 45 heavy (non-hydrogen) atoms. The van der Waals surface area contributed by atoms with Crippen LogP contribution in [0, 0.1) is 0 Å². The molecule has 9 aromatic carbocycles. The van der Waals surface area contributed by atoms with Gasteiger partial charge >= 0.3 is 0 Å². The van der Waals surface area contributed by atoms with E-state index >= 15 is 0 Å². The first kappa shape index (κ1) is 24.9. The summed E-state index contributed by atoms with van der Waals surface area (Å²) in [5.74, 6) is 0. The van der Waals surface area contributed by atoms with E-state index in [1.54, 1.807) is 0 Å². The lowest BCUT2D eigenvalue weighted by atomic mass is 9.89. The first-order valence-corrected chi connectivity index (χ1v) is 16.3. The highest BCUT2D eigenvalue weighted by atomic mass is 32.1. The van der Waals surface area contributed by atoms with Crippen molar-refractivity contribution in [2.24, 2.45) is 0 Å². The van der Waals surface area contributed by atoms with E-state index < -0.39 is 0 Å². The van der Waals surface area contributed by atoms with Crippen LogP contribution in [-0.4, -0.2) is 0 Å². The summed E-state index contributed by atoms with van der Waals surface area (Å²) in [5, 5.41) is 13.2. The lowest BCUT2D eigenvalue weighted by Gasteiger charge is -2.14. The number of hydrogen-bond acceptors (Lipinski definition) is 1. The van der Waals surface area contributed by atoms with Gasteiger partial charge in [0.2, 0.25) is 0 Å². The lowest BCUT2D eigenvalue weighted by Crippen LogP contribution is -1.87. The highest BCUT2D eigenvalue weighted by molar-refractivity contribution is 7.25. The SMILES string of the molecule is c1ccc2cc(-c3ccc4c(c3)sc3cc(-c5ccc(-c6ccc7ccc8cccc9ccc6c7c89)cc5)ccc34)ccc2c1. The van der Waals surface area contributed by atoms with Crippen molar-refractivity contribution in [2.45, 2.75) is 0 Å². The van der Waals surface area contributed by atoms with E-state index in [2.05, 4.69) is 158 Å². The minimum Gasteiger partial charge on any atom is -0.135 e. The Labute approximate surface area is 264 Å². The van der Waals surface area contributed by atoms with E-state index in [0.717, 1.165) is 0 Å². The summed E-state index contributed by atoms with van der Waals surface area (Å²) in [6, 6.07) is 58.5. The minimum atomic E-state index is 1.24. The van der Waals surface area contributed by atoms with Crippen LogP contribution in [0.5, 0.6) is 0 Å². The molecule has 0 unspecified atom stereocenters. The second kappa shape index (κ2) is 9.50. The average molecular weight is 587 g/mol. The fourth-order valence-corrected chi connectivity index (χ4v) is 8.52. The zero-order chi connectivity index (χ0) is 29.5. The van der Waals surface area contributed by atoms with Gasteiger partial charge in [-0.25, -0.2) is 0 Å². The van der Waals surface area contributed by atoms with Crippen molar-refractivity contribution in [3.05, 3.63) is 158 Å². The Kier molecular flexibility index (Phi) is 5.25. The summed E-state index contributed by atoms with van der Waals surface area (Å²) in [5.41, 5.74) is 7.56. The van der Waals surface area contributed by atoms with Gasteiger partial charge in [0.05, 0.1) is 0 Å². The van der Waals surface area contributed by atoms with E-state index in [4.69, 9.17) is 0 Å². The fraction of sp³-hybridized carbons (Fsp3) is 0. The molecule has 1 heterocycles. The molecule has 0 radical (unpaired) electrons. The van der Waals surface area contributed by atoms with E-state index in [-0.39, 0.29) is 0 Å². The van der Waals surface area contributed by atoms with Gasteiger partial charge in [0, 0.05) is 20.2 Å². The largest absolute Gasteiger partial charge is 0.135 e. The number of benzene rings is 9. The zero-order valence-electron chi connectivity index (χ0n) is 24.4. The van der Waals surface area contributed by atoms with Crippen LogP contribution < -0.4 is 0 Å². The van der Waals surface area contributed by atoms with Gasteiger partial charge in [-0.1, -0.05) is 140 Å². The van der Waals surface area contributed by atoms with Gasteiger partial charge in [-0.05, 0) is 94.7 Å². The maximum Gasteiger partial charge on any atom is 0.0361 e. The Bertz CT molecular complexity index is 2730. The first-order chi connectivity index (χ1) is 22.3. The second-order valence-electron chi connectivity index (χ2n) is 12.1. The first-order valence-electron chi connectivity index (χ1n) is 15.5. The van der Waals surface area contributed by atoms with Crippen LogP contribution in [0.4, 0.5) is 0 Å². The fourth-order valence-electron chi connectivity index (χ4n) is 7.33. The van der Waals surface area contributed by atoms with Gasteiger partial charge in [-0.15, -0.1) is 11.3 Å². The summed E-state index contributed by atoms with van der Waals surface area (Å²) < 4.78 is 2.66. The molecule has 0 spiro atoms. The summed E-state index contributed by atoms with van der Waals surface area (Å²) in [6.07, 6.45) is 0. The third kappa shape index (κ3) is 3.84. The maximum atomic E-state index is 2.36. The van der Waals surface area contributed by atoms with Gasteiger partial charge < -0.3 is 0 Å². The van der Waals surface area contributed by atoms with Gasteiger partial charge in [0.1, 0.15) is 0 Å². The summed E-state index contributed by atoms with van der Waals surface area (Å²) in [4.78, 5) is 0. The molecule has 0 aliphatic rings.